The first-order valence-electron chi connectivity index (χ1n) is 5.61. The van der Waals surface area contributed by atoms with Gasteiger partial charge in [0.1, 0.15) is 0 Å². The van der Waals surface area contributed by atoms with Gasteiger partial charge in [-0.25, -0.2) is 0 Å². The molecular weight excluding hydrogens is 176 g/mol. The molecule has 1 saturated heterocycles. The van der Waals surface area contributed by atoms with Crippen LogP contribution in [-0.2, 0) is 4.79 Å². The third kappa shape index (κ3) is 1.54. The maximum Gasteiger partial charge on any atom is 0.231 e. The Morgan fingerprint density at radius 3 is 2.36 bits per heavy atom. The molecule has 0 atom stereocenters. The van der Waals surface area contributed by atoms with Gasteiger partial charge in [-0.15, -0.1) is 0 Å². The number of rotatable bonds is 2. The van der Waals surface area contributed by atoms with Crippen LogP contribution in [-0.4, -0.2) is 37.0 Å². The Morgan fingerprint density at radius 2 is 1.93 bits per heavy atom. The monoisotopic (exact) mass is 196 g/mol. The SMILES string of the molecule is CN(C(=O)C1(C)CNC1)C1CCCC1. The molecule has 1 amide bonds. The summed E-state index contributed by atoms with van der Waals surface area (Å²) in [6, 6.07) is 0.514. The summed E-state index contributed by atoms with van der Waals surface area (Å²) in [6.45, 7) is 3.77. The van der Waals surface area contributed by atoms with E-state index in [1.807, 2.05) is 11.9 Å². The molecule has 0 aromatic rings. The lowest BCUT2D eigenvalue weighted by Gasteiger charge is -2.42. The average Bonchev–Trinajstić information content (AvgIpc) is 2.64. The molecule has 0 aromatic heterocycles. The van der Waals surface area contributed by atoms with Crippen LogP contribution in [0.15, 0.2) is 0 Å². The van der Waals surface area contributed by atoms with Gasteiger partial charge >= 0.3 is 0 Å². The predicted molar refractivity (Wildman–Crippen MR) is 56.0 cm³/mol. The summed E-state index contributed by atoms with van der Waals surface area (Å²) in [4.78, 5) is 14.1. The lowest BCUT2D eigenvalue weighted by Crippen LogP contribution is -2.60. The zero-order valence-electron chi connectivity index (χ0n) is 9.18. The van der Waals surface area contributed by atoms with Crippen LogP contribution < -0.4 is 5.32 Å². The summed E-state index contributed by atoms with van der Waals surface area (Å²) >= 11 is 0. The molecule has 2 fully saturated rings. The molecule has 1 aliphatic carbocycles. The number of carbonyl (C=O) groups is 1. The van der Waals surface area contributed by atoms with Gasteiger partial charge in [-0.2, -0.15) is 0 Å². The highest BCUT2D eigenvalue weighted by Crippen LogP contribution is 2.29. The molecule has 2 rings (SSSR count). The van der Waals surface area contributed by atoms with E-state index in [-0.39, 0.29) is 5.41 Å². The van der Waals surface area contributed by atoms with Crippen molar-refractivity contribution in [2.45, 2.75) is 38.6 Å². The third-order valence-corrected chi connectivity index (χ3v) is 3.74. The van der Waals surface area contributed by atoms with Crippen molar-refractivity contribution < 1.29 is 4.79 Å². The van der Waals surface area contributed by atoms with E-state index in [4.69, 9.17) is 0 Å². The standard InChI is InChI=1S/C11H20N2O/c1-11(7-12-8-11)10(14)13(2)9-5-3-4-6-9/h9,12H,3-8H2,1-2H3. The number of amides is 1. The van der Waals surface area contributed by atoms with Gasteiger partial charge in [-0.1, -0.05) is 12.8 Å². The second kappa shape index (κ2) is 3.54. The van der Waals surface area contributed by atoms with Gasteiger partial charge in [0.05, 0.1) is 5.41 Å². The Labute approximate surface area is 85.8 Å². The van der Waals surface area contributed by atoms with Crippen LogP contribution in [0.4, 0.5) is 0 Å². The zero-order valence-corrected chi connectivity index (χ0v) is 9.18. The summed E-state index contributed by atoms with van der Waals surface area (Å²) in [5.41, 5.74) is -0.114. The second-order valence-electron chi connectivity index (χ2n) is 5.02. The molecule has 0 unspecified atom stereocenters. The van der Waals surface area contributed by atoms with Crippen molar-refractivity contribution in [1.29, 1.82) is 0 Å². The van der Waals surface area contributed by atoms with Crippen molar-refractivity contribution in [1.82, 2.24) is 10.2 Å². The molecule has 1 aliphatic heterocycles. The lowest BCUT2D eigenvalue weighted by molar-refractivity contribution is -0.144. The van der Waals surface area contributed by atoms with E-state index in [0.29, 0.717) is 11.9 Å². The van der Waals surface area contributed by atoms with Crippen LogP contribution in [0.3, 0.4) is 0 Å². The fraction of sp³-hybridized carbons (Fsp3) is 0.909. The van der Waals surface area contributed by atoms with E-state index in [9.17, 15) is 4.79 Å². The number of nitrogens with zero attached hydrogens (tertiary/aromatic N) is 1. The summed E-state index contributed by atoms with van der Waals surface area (Å²) in [5, 5.41) is 3.18. The Bertz CT molecular complexity index is 229. The first-order valence-corrected chi connectivity index (χ1v) is 5.61. The number of hydrogen-bond acceptors (Lipinski definition) is 2. The maximum atomic E-state index is 12.1. The van der Waals surface area contributed by atoms with E-state index in [2.05, 4.69) is 12.2 Å². The van der Waals surface area contributed by atoms with Gasteiger partial charge in [0.2, 0.25) is 5.91 Å². The van der Waals surface area contributed by atoms with Gasteiger partial charge in [-0.3, -0.25) is 4.79 Å². The highest BCUT2D eigenvalue weighted by Gasteiger charge is 2.42. The van der Waals surface area contributed by atoms with E-state index in [0.717, 1.165) is 13.1 Å². The average molecular weight is 196 g/mol. The Morgan fingerprint density at radius 1 is 1.36 bits per heavy atom. The van der Waals surface area contributed by atoms with Crippen molar-refractivity contribution >= 4 is 5.91 Å². The van der Waals surface area contributed by atoms with Crippen LogP contribution in [0, 0.1) is 5.41 Å². The Kier molecular flexibility index (Phi) is 2.52. The molecule has 1 saturated carbocycles. The van der Waals surface area contributed by atoms with Gasteiger partial charge in [0.15, 0.2) is 0 Å². The Hall–Kier alpha value is -0.570. The first kappa shape index (κ1) is 9.97. The van der Waals surface area contributed by atoms with Gasteiger partial charge < -0.3 is 10.2 Å². The van der Waals surface area contributed by atoms with Gasteiger partial charge in [0.25, 0.3) is 0 Å². The highest BCUT2D eigenvalue weighted by atomic mass is 16.2. The minimum absolute atomic E-state index is 0.114. The normalized spacial score (nSPS) is 25.9. The van der Waals surface area contributed by atoms with E-state index < -0.39 is 0 Å². The fourth-order valence-electron chi connectivity index (χ4n) is 2.53. The molecule has 14 heavy (non-hydrogen) atoms. The molecule has 2 aliphatic rings. The van der Waals surface area contributed by atoms with Crippen LogP contribution in [0.5, 0.6) is 0 Å². The van der Waals surface area contributed by atoms with Crippen molar-refractivity contribution in [3.05, 3.63) is 0 Å². The van der Waals surface area contributed by atoms with Crippen molar-refractivity contribution in [3.8, 4) is 0 Å². The summed E-state index contributed by atoms with van der Waals surface area (Å²) in [5.74, 6) is 0.336. The highest BCUT2D eigenvalue weighted by molar-refractivity contribution is 5.84. The quantitative estimate of drug-likeness (QED) is 0.714. The molecule has 3 heteroatoms. The van der Waals surface area contributed by atoms with Crippen LogP contribution >= 0.6 is 0 Å². The first-order chi connectivity index (χ1) is 6.63. The fourth-order valence-corrected chi connectivity index (χ4v) is 2.53. The van der Waals surface area contributed by atoms with E-state index >= 15 is 0 Å². The molecule has 0 aromatic carbocycles. The molecule has 0 bridgehead atoms. The molecule has 1 N–H and O–H groups in total. The van der Waals surface area contributed by atoms with Crippen LogP contribution in [0.2, 0.25) is 0 Å². The zero-order chi connectivity index (χ0) is 10.2. The summed E-state index contributed by atoms with van der Waals surface area (Å²) in [7, 11) is 1.97. The number of hydrogen-bond donors (Lipinski definition) is 1. The second-order valence-corrected chi connectivity index (χ2v) is 5.02. The predicted octanol–water partition coefficient (Wildman–Crippen LogP) is 0.997. The van der Waals surface area contributed by atoms with Crippen LogP contribution in [0.25, 0.3) is 0 Å². The van der Waals surface area contributed by atoms with Crippen molar-refractivity contribution in [2.75, 3.05) is 20.1 Å². The summed E-state index contributed by atoms with van der Waals surface area (Å²) < 4.78 is 0. The van der Waals surface area contributed by atoms with Crippen molar-refractivity contribution in [3.63, 3.8) is 0 Å². The number of carbonyl (C=O) groups excluding carboxylic acids is 1. The molecule has 3 nitrogen and oxygen atoms in total. The maximum absolute atomic E-state index is 12.1. The molecular formula is C11H20N2O. The minimum atomic E-state index is -0.114. The summed E-state index contributed by atoms with van der Waals surface area (Å²) in [6.07, 6.45) is 4.98. The molecule has 1 heterocycles. The van der Waals surface area contributed by atoms with E-state index in [1.165, 1.54) is 25.7 Å². The van der Waals surface area contributed by atoms with Crippen molar-refractivity contribution in [2.24, 2.45) is 5.41 Å². The largest absolute Gasteiger partial charge is 0.342 e. The molecule has 80 valence electrons. The van der Waals surface area contributed by atoms with E-state index in [1.54, 1.807) is 0 Å². The third-order valence-electron chi connectivity index (χ3n) is 3.74. The minimum Gasteiger partial charge on any atom is -0.342 e. The smallest absolute Gasteiger partial charge is 0.231 e. The van der Waals surface area contributed by atoms with Crippen LogP contribution in [0.1, 0.15) is 32.6 Å². The van der Waals surface area contributed by atoms with Gasteiger partial charge in [-0.05, 0) is 19.8 Å². The Balaban J connectivity index is 1.96. The lowest BCUT2D eigenvalue weighted by atomic mass is 9.82. The van der Waals surface area contributed by atoms with Gasteiger partial charge in [0, 0.05) is 26.2 Å². The topological polar surface area (TPSA) is 32.3 Å². The molecule has 0 radical (unpaired) electrons. The number of nitrogens with one attached hydrogen (secondary N) is 1. The molecule has 0 spiro atoms.